The number of morpholine rings is 1. The third-order valence-corrected chi connectivity index (χ3v) is 3.71. The zero-order chi connectivity index (χ0) is 14.7. The Bertz CT molecular complexity index is 473. The monoisotopic (exact) mass is 293 g/mol. The van der Waals surface area contributed by atoms with Crippen LogP contribution in [0.3, 0.4) is 0 Å². The molecule has 0 atom stereocenters. The molecule has 2 aliphatic heterocycles. The van der Waals surface area contributed by atoms with E-state index in [4.69, 9.17) is 4.74 Å². The van der Waals surface area contributed by atoms with Crippen molar-refractivity contribution < 1.29 is 14.3 Å². The lowest BCUT2D eigenvalue weighted by molar-refractivity contribution is 0.0303. The minimum Gasteiger partial charge on any atom is -0.378 e. The number of aromatic nitrogens is 2. The van der Waals surface area contributed by atoms with Crippen molar-refractivity contribution in [3.8, 4) is 0 Å². The number of amides is 2. The molecule has 114 valence electrons. The Morgan fingerprint density at radius 3 is 2.52 bits per heavy atom. The van der Waals surface area contributed by atoms with Crippen molar-refractivity contribution in [3.05, 3.63) is 18.0 Å². The second kappa shape index (κ2) is 6.23. The molecule has 21 heavy (non-hydrogen) atoms. The zero-order valence-corrected chi connectivity index (χ0v) is 11.8. The lowest BCUT2D eigenvalue weighted by Crippen LogP contribution is -2.48. The van der Waals surface area contributed by atoms with Crippen LogP contribution in [0.2, 0.25) is 0 Å². The summed E-state index contributed by atoms with van der Waals surface area (Å²) < 4.78 is 6.48. The largest absolute Gasteiger partial charge is 0.378 e. The smallest absolute Gasteiger partial charge is 0.344 e. The van der Waals surface area contributed by atoms with Crippen LogP contribution >= 0.6 is 0 Å². The van der Waals surface area contributed by atoms with Gasteiger partial charge in [0.1, 0.15) is 0 Å². The third kappa shape index (κ3) is 3.06. The van der Waals surface area contributed by atoms with Crippen molar-refractivity contribution >= 4 is 11.9 Å². The number of hydrogen-bond acceptors (Lipinski definition) is 5. The topological polar surface area (TPSA) is 79.7 Å². The highest BCUT2D eigenvalue weighted by Crippen LogP contribution is 2.08. The van der Waals surface area contributed by atoms with Gasteiger partial charge in [0.2, 0.25) is 0 Å². The van der Waals surface area contributed by atoms with E-state index in [9.17, 15) is 9.59 Å². The van der Waals surface area contributed by atoms with Gasteiger partial charge >= 0.3 is 6.03 Å². The molecular weight excluding hydrogens is 274 g/mol. The fourth-order valence-corrected chi connectivity index (χ4v) is 2.49. The fraction of sp³-hybridized carbons (Fsp3) is 0.615. The quantitative estimate of drug-likeness (QED) is 0.735. The molecular formula is C13H19N5O3. The normalized spacial score (nSPS) is 19.6. The molecule has 0 spiro atoms. The molecule has 2 amide bonds. The summed E-state index contributed by atoms with van der Waals surface area (Å²) in [7, 11) is 0. The number of ether oxygens (including phenoxy) is 1. The van der Waals surface area contributed by atoms with Gasteiger partial charge in [0.25, 0.3) is 5.91 Å². The lowest BCUT2D eigenvalue weighted by atomic mass is 10.3. The number of piperazine rings is 1. The first kappa shape index (κ1) is 14.0. The van der Waals surface area contributed by atoms with Crippen molar-refractivity contribution in [1.82, 2.24) is 24.9 Å². The Morgan fingerprint density at radius 1 is 1.10 bits per heavy atom. The molecule has 1 aromatic rings. The summed E-state index contributed by atoms with van der Waals surface area (Å²) in [4.78, 5) is 28.0. The van der Waals surface area contributed by atoms with Crippen LogP contribution in [0.1, 0.15) is 10.4 Å². The molecule has 1 aromatic heterocycles. The summed E-state index contributed by atoms with van der Waals surface area (Å²) in [6.45, 7) is 5.15. The number of carbonyl (C=O) groups is 2. The van der Waals surface area contributed by atoms with E-state index in [0.717, 1.165) is 13.1 Å². The predicted octanol–water partition coefficient (Wildman–Crippen LogP) is -0.771. The standard InChI is InChI=1S/C13H19N5O3/c19-12(16-5-7-21-8-6-16)11-9-15-18(10-11)13(20)17-3-1-14-2-4-17/h9-10,14H,1-8H2. The first-order valence-electron chi connectivity index (χ1n) is 7.17. The summed E-state index contributed by atoms with van der Waals surface area (Å²) in [6.07, 6.45) is 2.97. The van der Waals surface area contributed by atoms with E-state index in [1.807, 2.05) is 0 Å². The van der Waals surface area contributed by atoms with E-state index >= 15 is 0 Å². The van der Waals surface area contributed by atoms with Gasteiger partial charge in [-0.25, -0.2) is 4.79 Å². The molecule has 8 heteroatoms. The summed E-state index contributed by atoms with van der Waals surface area (Å²) in [5.41, 5.74) is 0.445. The Morgan fingerprint density at radius 2 is 1.81 bits per heavy atom. The van der Waals surface area contributed by atoms with Crippen molar-refractivity contribution in [3.63, 3.8) is 0 Å². The molecule has 2 aliphatic rings. The number of hydrogen-bond donors (Lipinski definition) is 1. The van der Waals surface area contributed by atoms with Crippen LogP contribution < -0.4 is 5.32 Å². The molecule has 0 aromatic carbocycles. The highest BCUT2D eigenvalue weighted by molar-refractivity contribution is 5.94. The molecule has 3 heterocycles. The molecule has 0 bridgehead atoms. The van der Waals surface area contributed by atoms with Gasteiger partial charge in [0.15, 0.2) is 0 Å². The summed E-state index contributed by atoms with van der Waals surface area (Å²) in [5, 5.41) is 7.22. The van der Waals surface area contributed by atoms with Crippen molar-refractivity contribution in [2.24, 2.45) is 0 Å². The van der Waals surface area contributed by atoms with Gasteiger partial charge in [-0.15, -0.1) is 0 Å². The van der Waals surface area contributed by atoms with Crippen LogP contribution in [0, 0.1) is 0 Å². The third-order valence-electron chi connectivity index (χ3n) is 3.71. The molecule has 0 unspecified atom stereocenters. The average molecular weight is 293 g/mol. The first-order valence-corrected chi connectivity index (χ1v) is 7.17. The maximum absolute atomic E-state index is 12.3. The van der Waals surface area contributed by atoms with Gasteiger partial charge in [-0.1, -0.05) is 0 Å². The maximum atomic E-state index is 12.3. The van der Waals surface area contributed by atoms with Gasteiger partial charge in [0.05, 0.1) is 25.0 Å². The van der Waals surface area contributed by atoms with Crippen LogP contribution in [0.25, 0.3) is 0 Å². The maximum Gasteiger partial charge on any atom is 0.344 e. The van der Waals surface area contributed by atoms with Crippen LogP contribution in [0.5, 0.6) is 0 Å². The van der Waals surface area contributed by atoms with Crippen molar-refractivity contribution in [2.75, 3.05) is 52.5 Å². The van der Waals surface area contributed by atoms with Crippen LogP contribution in [0.4, 0.5) is 4.79 Å². The molecule has 1 N–H and O–H groups in total. The highest BCUT2D eigenvalue weighted by Gasteiger charge is 2.23. The van der Waals surface area contributed by atoms with E-state index < -0.39 is 0 Å². The molecule has 0 aliphatic carbocycles. The van der Waals surface area contributed by atoms with Gasteiger partial charge in [0, 0.05) is 45.5 Å². The SMILES string of the molecule is O=C(c1cnn(C(=O)N2CCNCC2)c1)N1CCOCC1. The molecule has 0 radical (unpaired) electrons. The van der Waals surface area contributed by atoms with Crippen molar-refractivity contribution in [1.29, 1.82) is 0 Å². The second-order valence-corrected chi connectivity index (χ2v) is 5.10. The molecule has 2 fully saturated rings. The number of nitrogens with one attached hydrogen (secondary N) is 1. The van der Waals surface area contributed by atoms with E-state index in [1.165, 1.54) is 17.1 Å². The van der Waals surface area contributed by atoms with E-state index in [2.05, 4.69) is 10.4 Å². The minimum atomic E-state index is -0.183. The number of nitrogens with zero attached hydrogens (tertiary/aromatic N) is 4. The van der Waals surface area contributed by atoms with Crippen molar-refractivity contribution in [2.45, 2.75) is 0 Å². The van der Waals surface area contributed by atoms with Gasteiger partial charge in [-0.2, -0.15) is 9.78 Å². The van der Waals surface area contributed by atoms with E-state index in [-0.39, 0.29) is 11.9 Å². The second-order valence-electron chi connectivity index (χ2n) is 5.10. The van der Waals surface area contributed by atoms with Crippen LogP contribution in [-0.4, -0.2) is 84.0 Å². The van der Waals surface area contributed by atoms with Gasteiger partial charge in [-0.05, 0) is 0 Å². The summed E-state index contributed by atoms with van der Waals surface area (Å²) in [6, 6.07) is -0.183. The molecule has 3 rings (SSSR count). The van der Waals surface area contributed by atoms with Crippen LogP contribution in [0.15, 0.2) is 12.4 Å². The fourth-order valence-electron chi connectivity index (χ4n) is 2.49. The molecule has 0 saturated carbocycles. The Labute approximate surface area is 122 Å². The molecule has 8 nitrogen and oxygen atoms in total. The number of carbonyl (C=O) groups excluding carboxylic acids is 2. The van der Waals surface area contributed by atoms with E-state index in [1.54, 1.807) is 9.80 Å². The highest BCUT2D eigenvalue weighted by atomic mass is 16.5. The summed E-state index contributed by atoms with van der Waals surface area (Å²) >= 11 is 0. The van der Waals surface area contributed by atoms with E-state index in [0.29, 0.717) is 45.0 Å². The lowest BCUT2D eigenvalue weighted by Gasteiger charge is -2.27. The minimum absolute atomic E-state index is 0.0994. The molecule has 2 saturated heterocycles. The van der Waals surface area contributed by atoms with Crippen LogP contribution in [-0.2, 0) is 4.74 Å². The number of rotatable bonds is 1. The Balaban J connectivity index is 1.67. The van der Waals surface area contributed by atoms with Gasteiger partial charge in [-0.3, -0.25) is 4.79 Å². The average Bonchev–Trinajstić information content (AvgIpc) is 3.05. The Hall–Kier alpha value is -1.93. The van der Waals surface area contributed by atoms with Gasteiger partial charge < -0.3 is 19.9 Å². The predicted molar refractivity (Wildman–Crippen MR) is 74.2 cm³/mol. The Kier molecular flexibility index (Phi) is 4.16. The first-order chi connectivity index (χ1) is 10.3. The zero-order valence-electron chi connectivity index (χ0n) is 11.8. The summed E-state index contributed by atoms with van der Waals surface area (Å²) in [5.74, 6) is -0.0994.